The molecule has 3 aromatic rings. The van der Waals surface area contributed by atoms with Gasteiger partial charge in [-0.05, 0) is 91.6 Å². The molecule has 0 radical (unpaired) electrons. The van der Waals surface area contributed by atoms with Crippen LogP contribution in [0.5, 0.6) is 0 Å². The van der Waals surface area contributed by atoms with Gasteiger partial charge < -0.3 is 5.32 Å². The Hall–Kier alpha value is -3.04. The summed E-state index contributed by atoms with van der Waals surface area (Å²) in [6.07, 6.45) is 5.48. The lowest BCUT2D eigenvalue weighted by Gasteiger charge is -2.32. The van der Waals surface area contributed by atoms with Crippen LogP contribution in [0.1, 0.15) is 44.1 Å². The Morgan fingerprint density at radius 1 is 1.06 bits per heavy atom. The fraction of sp³-hybridized carbons (Fsp3) is 0.333. The monoisotopic (exact) mass is 470 g/mol. The van der Waals surface area contributed by atoms with E-state index in [1.807, 2.05) is 13.0 Å². The van der Waals surface area contributed by atoms with Gasteiger partial charge in [-0.3, -0.25) is 14.5 Å². The van der Waals surface area contributed by atoms with Crippen molar-refractivity contribution in [1.29, 1.82) is 0 Å². The lowest BCUT2D eigenvalue weighted by Crippen LogP contribution is -2.29. The van der Waals surface area contributed by atoms with Gasteiger partial charge in [-0.2, -0.15) is 8.42 Å². The van der Waals surface area contributed by atoms with Crippen molar-refractivity contribution in [2.75, 3.05) is 10.0 Å². The number of rotatable bonds is 6. The fourth-order valence-corrected chi connectivity index (χ4v) is 5.15. The Morgan fingerprint density at radius 2 is 1.73 bits per heavy atom. The molecule has 0 bridgehead atoms. The van der Waals surface area contributed by atoms with Crippen molar-refractivity contribution in [3.63, 3.8) is 0 Å². The largest absolute Gasteiger partial charge is 0.326 e. The molecule has 1 atom stereocenters. The van der Waals surface area contributed by atoms with Crippen molar-refractivity contribution in [3.05, 3.63) is 66.1 Å². The van der Waals surface area contributed by atoms with E-state index < -0.39 is 10.2 Å². The summed E-state index contributed by atoms with van der Waals surface area (Å²) in [5.74, 6) is 0.0862. The first-order valence-electron chi connectivity index (χ1n) is 11.0. The normalized spacial score (nSPS) is 19.7. The number of nitrogens with one attached hydrogen (secondary N) is 2. The summed E-state index contributed by atoms with van der Waals surface area (Å²) >= 11 is 0. The topological polar surface area (TPSA) is 114 Å². The van der Waals surface area contributed by atoms with Crippen molar-refractivity contribution in [2.45, 2.75) is 38.5 Å². The van der Waals surface area contributed by atoms with Crippen molar-refractivity contribution in [2.24, 2.45) is 17.0 Å². The quantitative estimate of drug-likeness (QED) is 0.491. The van der Waals surface area contributed by atoms with Gasteiger partial charge in [0.2, 0.25) is 5.91 Å². The van der Waals surface area contributed by atoms with E-state index in [1.165, 1.54) is 18.2 Å². The highest BCUT2D eigenvalue weighted by atomic mass is 32.2. The summed E-state index contributed by atoms with van der Waals surface area (Å²) in [4.78, 5) is 17.1. The van der Waals surface area contributed by atoms with Gasteiger partial charge in [0.05, 0.1) is 5.52 Å². The van der Waals surface area contributed by atoms with Crippen LogP contribution >= 0.6 is 0 Å². The molecule has 1 aliphatic rings. The number of fused-ring (bicyclic) bond motifs is 1. The minimum absolute atomic E-state index is 0.0676. The van der Waals surface area contributed by atoms with Crippen molar-refractivity contribution in [1.82, 2.24) is 4.98 Å². The van der Waals surface area contributed by atoms with Crippen LogP contribution in [0.2, 0.25) is 0 Å². The van der Waals surface area contributed by atoms with E-state index in [4.69, 9.17) is 5.14 Å². The molecule has 7 nitrogen and oxygen atoms in total. The summed E-state index contributed by atoms with van der Waals surface area (Å²) in [7, 11) is -3.84. The molecule has 1 saturated carbocycles. The maximum absolute atomic E-state index is 13.8. The number of carbonyl (C=O) groups is 1. The van der Waals surface area contributed by atoms with Gasteiger partial charge in [-0.1, -0.05) is 6.92 Å². The molecule has 1 aliphatic carbocycles. The third kappa shape index (κ3) is 5.66. The molecule has 1 fully saturated rings. The third-order valence-corrected chi connectivity index (χ3v) is 7.00. The summed E-state index contributed by atoms with van der Waals surface area (Å²) in [5.41, 5.74) is 2.84. The number of hydrogen-bond acceptors (Lipinski definition) is 4. The van der Waals surface area contributed by atoms with Gasteiger partial charge >= 0.3 is 0 Å². The van der Waals surface area contributed by atoms with Crippen LogP contribution in [-0.4, -0.2) is 19.3 Å². The number of nitrogens with zero attached hydrogens (tertiary/aromatic N) is 1. The minimum atomic E-state index is -3.84. The van der Waals surface area contributed by atoms with E-state index in [9.17, 15) is 17.6 Å². The number of benzene rings is 2. The van der Waals surface area contributed by atoms with Crippen LogP contribution in [0, 0.1) is 17.7 Å². The second kappa shape index (κ2) is 9.44. The number of pyridine rings is 1. The molecule has 33 heavy (non-hydrogen) atoms. The second-order valence-electron chi connectivity index (χ2n) is 8.68. The van der Waals surface area contributed by atoms with Crippen LogP contribution in [-0.2, 0) is 15.0 Å². The molecule has 1 aromatic heterocycles. The highest BCUT2D eigenvalue weighted by Crippen LogP contribution is 2.41. The Morgan fingerprint density at radius 3 is 2.39 bits per heavy atom. The third-order valence-electron chi connectivity index (χ3n) is 6.48. The number of hydrogen-bond donors (Lipinski definition) is 3. The summed E-state index contributed by atoms with van der Waals surface area (Å²) in [6.45, 7) is 1.94. The van der Waals surface area contributed by atoms with Crippen LogP contribution in [0.4, 0.5) is 15.8 Å². The zero-order chi connectivity index (χ0) is 23.6. The van der Waals surface area contributed by atoms with Gasteiger partial charge in [0.15, 0.2) is 0 Å². The van der Waals surface area contributed by atoms with Crippen molar-refractivity contribution >= 4 is 38.4 Å². The highest BCUT2D eigenvalue weighted by molar-refractivity contribution is 7.90. The predicted octanol–water partition coefficient (Wildman–Crippen LogP) is 4.54. The van der Waals surface area contributed by atoms with Gasteiger partial charge in [0.25, 0.3) is 10.2 Å². The minimum Gasteiger partial charge on any atom is -0.326 e. The second-order valence-corrected chi connectivity index (χ2v) is 9.97. The predicted molar refractivity (Wildman–Crippen MR) is 127 cm³/mol. The molecular weight excluding hydrogens is 443 g/mol. The molecule has 2 aromatic carbocycles. The Bertz CT molecular complexity index is 1260. The van der Waals surface area contributed by atoms with Gasteiger partial charge in [0, 0.05) is 28.9 Å². The van der Waals surface area contributed by atoms with Gasteiger partial charge in [0.1, 0.15) is 5.82 Å². The first kappa shape index (κ1) is 23.1. The first-order valence-corrected chi connectivity index (χ1v) is 12.5. The average molecular weight is 471 g/mol. The Balaban J connectivity index is 1.36. The molecule has 9 heteroatoms. The van der Waals surface area contributed by atoms with Crippen LogP contribution in [0.25, 0.3) is 10.9 Å². The molecule has 174 valence electrons. The number of nitrogens with two attached hydrogens (primary N) is 1. The smallest absolute Gasteiger partial charge is 0.296 e. The molecular formula is C24H27FN4O3S. The number of anilines is 2. The van der Waals surface area contributed by atoms with E-state index in [-0.39, 0.29) is 23.6 Å². The van der Waals surface area contributed by atoms with Crippen LogP contribution < -0.4 is 15.2 Å². The summed E-state index contributed by atoms with van der Waals surface area (Å²) in [5, 5.41) is 8.73. The van der Waals surface area contributed by atoms with E-state index in [2.05, 4.69) is 15.0 Å². The van der Waals surface area contributed by atoms with Crippen molar-refractivity contribution in [3.8, 4) is 0 Å². The van der Waals surface area contributed by atoms with Crippen LogP contribution in [0.3, 0.4) is 0 Å². The Kier molecular flexibility index (Phi) is 6.62. The van der Waals surface area contributed by atoms with Gasteiger partial charge in [-0.15, -0.1) is 0 Å². The van der Waals surface area contributed by atoms with E-state index in [0.29, 0.717) is 17.3 Å². The molecule has 1 amide bonds. The first-order chi connectivity index (χ1) is 15.7. The maximum Gasteiger partial charge on any atom is 0.296 e. The molecule has 0 aliphatic heterocycles. The number of carbonyl (C=O) groups excluding carboxylic acids is 1. The molecule has 0 saturated heterocycles. The lowest BCUT2D eigenvalue weighted by atomic mass is 9.73. The fourth-order valence-electron chi connectivity index (χ4n) is 4.68. The zero-order valence-electron chi connectivity index (χ0n) is 18.3. The van der Waals surface area contributed by atoms with E-state index in [1.54, 1.807) is 30.5 Å². The maximum atomic E-state index is 13.8. The van der Waals surface area contributed by atoms with Crippen LogP contribution in [0.15, 0.2) is 54.7 Å². The lowest BCUT2D eigenvalue weighted by molar-refractivity contribution is -0.121. The Labute approximate surface area is 192 Å². The standard InChI is InChI=1S/C24H27FN4O3S/c1-15(24(30)28-19-7-9-20(10-8-19)29-33(26,31)32)16-2-4-17(5-3-16)21-12-13-27-23-11-6-18(25)14-22(21)23/h6-17,29H,2-5H2,1H3,(H,28,30)(H2,26,31,32)/t15-,16-,17+/m1/s1. The number of halogens is 1. The molecule has 4 rings (SSSR count). The average Bonchev–Trinajstić information content (AvgIpc) is 2.78. The SMILES string of the molecule is C[C@@H](C(=O)Nc1ccc(NS(N)(=O)=O)cc1)[C@H]1CC[C@@H](c2ccnc3ccc(F)cc32)CC1. The van der Waals surface area contributed by atoms with E-state index >= 15 is 0 Å². The highest BCUT2D eigenvalue weighted by Gasteiger charge is 2.30. The van der Waals surface area contributed by atoms with Crippen molar-refractivity contribution < 1.29 is 17.6 Å². The molecule has 0 unspecified atom stereocenters. The number of aromatic nitrogens is 1. The summed E-state index contributed by atoms with van der Waals surface area (Å²) in [6, 6.07) is 13.0. The van der Waals surface area contributed by atoms with Gasteiger partial charge in [-0.25, -0.2) is 9.53 Å². The number of amides is 1. The zero-order valence-corrected chi connectivity index (χ0v) is 19.1. The molecule has 0 spiro atoms. The molecule has 4 N–H and O–H groups in total. The van der Waals surface area contributed by atoms with E-state index in [0.717, 1.165) is 42.1 Å². The summed E-state index contributed by atoms with van der Waals surface area (Å²) < 4.78 is 38.2. The molecule has 1 heterocycles.